The van der Waals surface area contributed by atoms with Crippen molar-refractivity contribution in [3.63, 3.8) is 0 Å². The van der Waals surface area contributed by atoms with Gasteiger partial charge in [0.25, 0.3) is 5.91 Å². The molecule has 1 aromatic heterocycles. The number of hydrogen-bond donors (Lipinski definition) is 1. The van der Waals surface area contributed by atoms with Crippen molar-refractivity contribution in [1.29, 1.82) is 0 Å². The number of carbonyl (C=O) groups excluding carboxylic acids is 1. The number of nitrogens with one attached hydrogen (secondary N) is 1. The topological polar surface area (TPSA) is 37.3 Å². The summed E-state index contributed by atoms with van der Waals surface area (Å²) >= 11 is 0. The van der Waals surface area contributed by atoms with Crippen LogP contribution in [-0.2, 0) is 7.05 Å². The van der Waals surface area contributed by atoms with Crippen LogP contribution >= 0.6 is 0 Å². The first-order chi connectivity index (χ1) is 10.7. The van der Waals surface area contributed by atoms with Gasteiger partial charge in [-0.05, 0) is 37.6 Å². The summed E-state index contributed by atoms with van der Waals surface area (Å²) in [6, 6.07) is 12.1. The minimum atomic E-state index is 0.00359. The van der Waals surface area contributed by atoms with Crippen molar-refractivity contribution in [3.8, 4) is 11.1 Å². The fraction of sp³-hybridized carbons (Fsp3) is 0.389. The van der Waals surface area contributed by atoms with Crippen LogP contribution < -0.4 is 5.32 Å². The van der Waals surface area contributed by atoms with Crippen LogP contribution in [0.5, 0.6) is 0 Å². The standard InChI is InChI=1S/C18H23N3O/c1-20-14-16(15-7-3-2-4-8-15)13-17(20)18(22)19-9-12-21-10-5-6-11-21/h2-4,7-8,13-14H,5-6,9-12H2,1H3,(H,19,22). The van der Waals surface area contributed by atoms with Gasteiger partial charge in [-0.15, -0.1) is 0 Å². The fourth-order valence-electron chi connectivity index (χ4n) is 3.00. The van der Waals surface area contributed by atoms with E-state index in [9.17, 15) is 4.79 Å². The molecule has 3 rings (SSSR count). The molecule has 1 aliphatic rings. The summed E-state index contributed by atoms with van der Waals surface area (Å²) in [5, 5.41) is 3.03. The second-order valence-corrected chi connectivity index (χ2v) is 5.90. The van der Waals surface area contributed by atoms with Gasteiger partial charge in [0.1, 0.15) is 5.69 Å². The quantitative estimate of drug-likeness (QED) is 0.921. The minimum absolute atomic E-state index is 0.00359. The van der Waals surface area contributed by atoms with E-state index in [1.54, 1.807) is 0 Å². The van der Waals surface area contributed by atoms with Gasteiger partial charge in [-0.1, -0.05) is 30.3 Å². The number of aromatic nitrogens is 1. The van der Waals surface area contributed by atoms with Crippen molar-refractivity contribution < 1.29 is 4.79 Å². The van der Waals surface area contributed by atoms with Gasteiger partial charge >= 0.3 is 0 Å². The third-order valence-corrected chi connectivity index (χ3v) is 4.26. The van der Waals surface area contributed by atoms with E-state index < -0.39 is 0 Å². The largest absolute Gasteiger partial charge is 0.349 e. The molecule has 0 atom stereocenters. The van der Waals surface area contributed by atoms with E-state index in [-0.39, 0.29) is 5.91 Å². The molecule has 1 amide bonds. The number of nitrogens with zero attached hydrogens (tertiary/aromatic N) is 2. The van der Waals surface area contributed by atoms with Gasteiger partial charge in [-0.3, -0.25) is 4.79 Å². The van der Waals surface area contributed by atoms with E-state index >= 15 is 0 Å². The molecule has 4 heteroatoms. The van der Waals surface area contributed by atoms with Crippen LogP contribution in [0.25, 0.3) is 11.1 Å². The Morgan fingerprint density at radius 1 is 1.14 bits per heavy atom. The Bertz CT molecular complexity index is 627. The molecule has 22 heavy (non-hydrogen) atoms. The molecule has 0 radical (unpaired) electrons. The van der Waals surface area contributed by atoms with Gasteiger partial charge < -0.3 is 14.8 Å². The van der Waals surface area contributed by atoms with E-state index in [0.717, 1.165) is 30.8 Å². The molecule has 1 aromatic carbocycles. The molecular weight excluding hydrogens is 274 g/mol. The van der Waals surface area contributed by atoms with Crippen molar-refractivity contribution in [1.82, 2.24) is 14.8 Å². The zero-order chi connectivity index (χ0) is 15.4. The molecule has 0 unspecified atom stereocenters. The summed E-state index contributed by atoms with van der Waals surface area (Å²) in [6.07, 6.45) is 4.57. The van der Waals surface area contributed by atoms with Crippen molar-refractivity contribution in [2.45, 2.75) is 12.8 Å². The summed E-state index contributed by atoms with van der Waals surface area (Å²) < 4.78 is 1.90. The highest BCUT2D eigenvalue weighted by Gasteiger charge is 2.14. The van der Waals surface area contributed by atoms with Crippen LogP contribution in [-0.4, -0.2) is 41.6 Å². The van der Waals surface area contributed by atoms with Crippen LogP contribution in [0, 0.1) is 0 Å². The Kier molecular flexibility index (Phi) is 4.59. The highest BCUT2D eigenvalue weighted by atomic mass is 16.1. The first-order valence-electron chi connectivity index (χ1n) is 7.96. The Morgan fingerprint density at radius 2 is 1.86 bits per heavy atom. The van der Waals surface area contributed by atoms with E-state index in [0.29, 0.717) is 12.2 Å². The molecule has 1 fully saturated rings. The van der Waals surface area contributed by atoms with E-state index in [1.165, 1.54) is 12.8 Å². The zero-order valence-corrected chi connectivity index (χ0v) is 13.1. The SMILES string of the molecule is Cn1cc(-c2ccccc2)cc1C(=O)NCCN1CCCC1. The molecule has 2 heterocycles. The average Bonchev–Trinajstić information content (AvgIpc) is 3.17. The Balaban J connectivity index is 1.61. The van der Waals surface area contributed by atoms with Crippen molar-refractivity contribution in [3.05, 3.63) is 48.3 Å². The van der Waals surface area contributed by atoms with E-state index in [2.05, 4.69) is 22.3 Å². The lowest BCUT2D eigenvalue weighted by Gasteiger charge is -2.14. The first kappa shape index (κ1) is 14.9. The zero-order valence-electron chi connectivity index (χ0n) is 13.1. The van der Waals surface area contributed by atoms with Gasteiger partial charge in [0, 0.05) is 31.9 Å². The highest BCUT2D eigenvalue weighted by Crippen LogP contribution is 2.21. The lowest BCUT2D eigenvalue weighted by atomic mass is 10.1. The predicted molar refractivity (Wildman–Crippen MR) is 88.9 cm³/mol. The van der Waals surface area contributed by atoms with Gasteiger partial charge in [-0.2, -0.15) is 0 Å². The normalized spacial score (nSPS) is 15.1. The summed E-state index contributed by atoms with van der Waals surface area (Å²) in [4.78, 5) is 14.7. The maximum atomic E-state index is 12.3. The Morgan fingerprint density at radius 3 is 2.59 bits per heavy atom. The number of amides is 1. The van der Waals surface area contributed by atoms with Crippen LogP contribution in [0.3, 0.4) is 0 Å². The number of benzene rings is 1. The van der Waals surface area contributed by atoms with E-state index in [4.69, 9.17) is 0 Å². The third kappa shape index (κ3) is 3.39. The molecule has 0 saturated carbocycles. The highest BCUT2D eigenvalue weighted by molar-refractivity contribution is 5.94. The van der Waals surface area contributed by atoms with Crippen molar-refractivity contribution in [2.75, 3.05) is 26.2 Å². The van der Waals surface area contributed by atoms with Gasteiger partial charge in [-0.25, -0.2) is 0 Å². The number of hydrogen-bond acceptors (Lipinski definition) is 2. The first-order valence-corrected chi connectivity index (χ1v) is 7.96. The van der Waals surface area contributed by atoms with Crippen LogP contribution in [0.2, 0.25) is 0 Å². The third-order valence-electron chi connectivity index (χ3n) is 4.26. The molecule has 116 valence electrons. The molecule has 1 aliphatic heterocycles. The molecule has 0 bridgehead atoms. The number of carbonyl (C=O) groups is 1. The Hall–Kier alpha value is -2.07. The summed E-state index contributed by atoms with van der Waals surface area (Å²) in [6.45, 7) is 3.99. The van der Waals surface area contributed by atoms with Gasteiger partial charge in [0.05, 0.1) is 0 Å². The van der Waals surface area contributed by atoms with Gasteiger partial charge in [0.15, 0.2) is 0 Å². The van der Waals surface area contributed by atoms with Crippen LogP contribution in [0.4, 0.5) is 0 Å². The molecule has 1 saturated heterocycles. The van der Waals surface area contributed by atoms with Crippen LogP contribution in [0.1, 0.15) is 23.3 Å². The van der Waals surface area contributed by atoms with Crippen molar-refractivity contribution >= 4 is 5.91 Å². The minimum Gasteiger partial charge on any atom is -0.349 e. The summed E-state index contributed by atoms with van der Waals surface area (Å²) in [5.74, 6) is 0.00359. The number of likely N-dealkylation sites (tertiary alicyclic amines) is 1. The molecule has 2 aromatic rings. The second kappa shape index (κ2) is 6.79. The predicted octanol–water partition coefficient (Wildman–Crippen LogP) is 2.52. The van der Waals surface area contributed by atoms with Crippen LogP contribution in [0.15, 0.2) is 42.6 Å². The maximum absolute atomic E-state index is 12.3. The number of rotatable bonds is 5. The molecular formula is C18H23N3O. The fourth-order valence-corrected chi connectivity index (χ4v) is 3.00. The van der Waals surface area contributed by atoms with Crippen molar-refractivity contribution in [2.24, 2.45) is 7.05 Å². The molecule has 0 spiro atoms. The monoisotopic (exact) mass is 297 g/mol. The maximum Gasteiger partial charge on any atom is 0.267 e. The lowest BCUT2D eigenvalue weighted by molar-refractivity contribution is 0.0941. The summed E-state index contributed by atoms with van der Waals surface area (Å²) in [5.41, 5.74) is 2.92. The number of aryl methyl sites for hydroxylation is 1. The summed E-state index contributed by atoms with van der Waals surface area (Å²) in [7, 11) is 1.92. The molecule has 1 N–H and O–H groups in total. The molecule has 4 nitrogen and oxygen atoms in total. The lowest BCUT2D eigenvalue weighted by Crippen LogP contribution is -2.34. The smallest absolute Gasteiger partial charge is 0.267 e. The van der Waals surface area contributed by atoms with E-state index in [1.807, 2.05) is 42.1 Å². The Labute approximate surface area is 131 Å². The second-order valence-electron chi connectivity index (χ2n) is 5.90. The molecule has 0 aliphatic carbocycles. The average molecular weight is 297 g/mol. The van der Waals surface area contributed by atoms with Gasteiger partial charge in [0.2, 0.25) is 0 Å².